The maximum absolute atomic E-state index is 11.4. The molecule has 2 heterocycles. The summed E-state index contributed by atoms with van der Waals surface area (Å²) in [6.45, 7) is 3.98. The van der Waals surface area contributed by atoms with Gasteiger partial charge in [0, 0.05) is 18.2 Å². The monoisotopic (exact) mass is 281 g/mol. The molecule has 0 spiro atoms. The molecule has 2 aromatic heterocycles. The van der Waals surface area contributed by atoms with Gasteiger partial charge in [-0.1, -0.05) is 36.8 Å². The van der Waals surface area contributed by atoms with Crippen LogP contribution in [0.15, 0.2) is 30.5 Å². The number of carbonyl (C=O) groups is 1. The normalized spacial score (nSPS) is 11.0. The minimum absolute atomic E-state index is 0.197. The number of hydrogen-bond donors (Lipinski definition) is 2. The first-order valence-corrected chi connectivity index (χ1v) is 6.78. The van der Waals surface area contributed by atoms with Crippen molar-refractivity contribution >= 4 is 17.0 Å². The van der Waals surface area contributed by atoms with Crippen LogP contribution < -0.4 is 0 Å². The van der Waals surface area contributed by atoms with Crippen molar-refractivity contribution in [2.24, 2.45) is 0 Å². The maximum atomic E-state index is 11.4. The van der Waals surface area contributed by atoms with Crippen LogP contribution in [0, 0.1) is 6.92 Å². The van der Waals surface area contributed by atoms with Crippen LogP contribution in [0.2, 0.25) is 0 Å². The zero-order chi connectivity index (χ0) is 15.0. The Morgan fingerprint density at radius 2 is 1.95 bits per heavy atom. The smallest absolute Gasteiger partial charge is 0.338 e. The van der Waals surface area contributed by atoms with Crippen LogP contribution in [-0.2, 0) is 6.42 Å². The van der Waals surface area contributed by atoms with E-state index in [0.717, 1.165) is 11.1 Å². The largest absolute Gasteiger partial charge is 0.478 e. The van der Waals surface area contributed by atoms with Crippen molar-refractivity contribution in [3.63, 3.8) is 0 Å². The van der Waals surface area contributed by atoms with Crippen LogP contribution >= 0.6 is 0 Å². The van der Waals surface area contributed by atoms with Crippen LogP contribution in [0.25, 0.3) is 22.3 Å². The first kappa shape index (κ1) is 13.3. The van der Waals surface area contributed by atoms with Gasteiger partial charge >= 0.3 is 5.97 Å². The summed E-state index contributed by atoms with van der Waals surface area (Å²) in [6, 6.07) is 7.88. The van der Waals surface area contributed by atoms with Crippen molar-refractivity contribution in [3.8, 4) is 11.3 Å². The Morgan fingerprint density at radius 3 is 2.57 bits per heavy atom. The minimum atomic E-state index is -0.984. The predicted octanol–water partition coefficient (Wildman–Crippen LogP) is 3.19. The molecular weight excluding hydrogens is 266 g/mol. The Labute approximate surface area is 121 Å². The van der Waals surface area contributed by atoms with Crippen molar-refractivity contribution < 1.29 is 9.90 Å². The number of aryl methyl sites for hydroxylation is 2. The van der Waals surface area contributed by atoms with Crippen molar-refractivity contribution in [1.29, 1.82) is 0 Å². The van der Waals surface area contributed by atoms with Gasteiger partial charge in [-0.2, -0.15) is 0 Å². The predicted molar refractivity (Wildman–Crippen MR) is 80.4 cm³/mol. The lowest BCUT2D eigenvalue weighted by atomic mass is 10.0. The van der Waals surface area contributed by atoms with Gasteiger partial charge in [0.15, 0.2) is 0 Å². The molecule has 0 aliphatic heterocycles. The summed E-state index contributed by atoms with van der Waals surface area (Å²) in [5.41, 5.74) is 3.46. The second-order valence-electron chi connectivity index (χ2n) is 4.94. The van der Waals surface area contributed by atoms with Gasteiger partial charge in [0.25, 0.3) is 0 Å². The minimum Gasteiger partial charge on any atom is -0.478 e. The van der Waals surface area contributed by atoms with E-state index in [0.29, 0.717) is 29.0 Å². The van der Waals surface area contributed by atoms with E-state index in [2.05, 4.69) is 15.0 Å². The van der Waals surface area contributed by atoms with Crippen molar-refractivity contribution in [2.45, 2.75) is 20.3 Å². The number of rotatable bonds is 3. The number of fused-ring (bicyclic) bond motifs is 1. The molecular formula is C16H15N3O2. The number of aromatic nitrogens is 3. The number of carboxylic acid groups (broad SMARTS) is 1. The molecule has 0 bridgehead atoms. The molecule has 106 valence electrons. The Bertz CT molecular complexity index is 819. The van der Waals surface area contributed by atoms with E-state index in [1.54, 1.807) is 0 Å². The molecule has 0 atom stereocenters. The van der Waals surface area contributed by atoms with Crippen molar-refractivity contribution in [3.05, 3.63) is 47.4 Å². The highest BCUT2D eigenvalue weighted by Gasteiger charge is 2.18. The summed E-state index contributed by atoms with van der Waals surface area (Å²) in [6.07, 6.45) is 2.16. The molecule has 0 saturated carbocycles. The summed E-state index contributed by atoms with van der Waals surface area (Å²) >= 11 is 0. The van der Waals surface area contributed by atoms with E-state index in [1.165, 1.54) is 6.20 Å². The quantitative estimate of drug-likeness (QED) is 0.772. The number of nitrogens with one attached hydrogen (secondary N) is 1. The first-order valence-electron chi connectivity index (χ1n) is 6.78. The Kier molecular flexibility index (Phi) is 3.17. The van der Waals surface area contributed by atoms with Crippen LogP contribution in [-0.4, -0.2) is 26.0 Å². The van der Waals surface area contributed by atoms with Gasteiger partial charge in [-0.25, -0.2) is 14.8 Å². The number of hydrogen-bond acceptors (Lipinski definition) is 3. The fraction of sp³-hybridized carbons (Fsp3) is 0.188. The van der Waals surface area contributed by atoms with Gasteiger partial charge in [-0.3, -0.25) is 0 Å². The summed E-state index contributed by atoms with van der Waals surface area (Å²) in [4.78, 5) is 23.2. The summed E-state index contributed by atoms with van der Waals surface area (Å²) in [5.74, 6) is -0.292. The Morgan fingerprint density at radius 1 is 1.24 bits per heavy atom. The first-order chi connectivity index (χ1) is 10.1. The molecule has 2 N–H and O–H groups in total. The number of aromatic amines is 1. The van der Waals surface area contributed by atoms with Gasteiger partial charge < -0.3 is 10.1 Å². The van der Waals surface area contributed by atoms with E-state index in [9.17, 15) is 9.90 Å². The third kappa shape index (κ3) is 2.27. The molecule has 0 fully saturated rings. The Hall–Kier alpha value is -2.69. The van der Waals surface area contributed by atoms with E-state index in [1.807, 2.05) is 38.1 Å². The number of carboxylic acids is 1. The zero-order valence-electron chi connectivity index (χ0n) is 11.8. The fourth-order valence-corrected chi connectivity index (χ4v) is 2.33. The number of nitrogens with zero attached hydrogens (tertiary/aromatic N) is 2. The van der Waals surface area contributed by atoms with E-state index >= 15 is 0 Å². The average molecular weight is 281 g/mol. The zero-order valence-corrected chi connectivity index (χ0v) is 11.8. The standard InChI is InChI=1S/C16H15N3O2/c1-3-12-18-14(10-6-4-9(2)5-7-10)13-11(16(20)21)8-17-15(13)19-12/h4-8H,3H2,1-2H3,(H,20,21)(H,17,18,19). The third-order valence-corrected chi connectivity index (χ3v) is 3.45. The highest BCUT2D eigenvalue weighted by Crippen LogP contribution is 2.29. The van der Waals surface area contributed by atoms with Crippen LogP contribution in [0.3, 0.4) is 0 Å². The molecule has 3 aromatic rings. The number of aromatic carboxylic acids is 1. The molecule has 1 aromatic carbocycles. The molecule has 3 rings (SSSR count). The summed E-state index contributed by atoms with van der Waals surface area (Å²) in [7, 11) is 0. The molecule has 5 heteroatoms. The summed E-state index contributed by atoms with van der Waals surface area (Å²) < 4.78 is 0. The van der Waals surface area contributed by atoms with E-state index < -0.39 is 5.97 Å². The fourth-order valence-electron chi connectivity index (χ4n) is 2.33. The van der Waals surface area contributed by atoms with E-state index in [4.69, 9.17) is 0 Å². The Balaban J connectivity index is 2.34. The third-order valence-electron chi connectivity index (χ3n) is 3.45. The van der Waals surface area contributed by atoms with E-state index in [-0.39, 0.29) is 5.56 Å². The lowest BCUT2D eigenvalue weighted by Crippen LogP contribution is -2.00. The number of H-pyrrole nitrogens is 1. The van der Waals surface area contributed by atoms with Gasteiger partial charge in [-0.05, 0) is 6.92 Å². The second kappa shape index (κ2) is 5.01. The lowest BCUT2D eigenvalue weighted by molar-refractivity contribution is 0.0699. The second-order valence-corrected chi connectivity index (χ2v) is 4.94. The van der Waals surface area contributed by atoms with Crippen LogP contribution in [0.4, 0.5) is 0 Å². The van der Waals surface area contributed by atoms with Gasteiger partial charge in [0.1, 0.15) is 11.5 Å². The molecule has 0 radical (unpaired) electrons. The lowest BCUT2D eigenvalue weighted by Gasteiger charge is -2.07. The van der Waals surface area contributed by atoms with Crippen molar-refractivity contribution in [1.82, 2.24) is 15.0 Å². The number of benzene rings is 1. The average Bonchev–Trinajstić information content (AvgIpc) is 2.91. The molecule has 0 saturated heterocycles. The van der Waals surface area contributed by atoms with Crippen LogP contribution in [0.1, 0.15) is 28.7 Å². The molecule has 0 aliphatic carbocycles. The van der Waals surface area contributed by atoms with Crippen molar-refractivity contribution in [2.75, 3.05) is 0 Å². The topological polar surface area (TPSA) is 78.9 Å². The van der Waals surface area contributed by atoms with Gasteiger partial charge in [0.05, 0.1) is 16.6 Å². The van der Waals surface area contributed by atoms with Gasteiger partial charge in [0.2, 0.25) is 0 Å². The highest BCUT2D eigenvalue weighted by molar-refractivity contribution is 6.07. The summed E-state index contributed by atoms with van der Waals surface area (Å²) in [5, 5.41) is 9.90. The molecule has 21 heavy (non-hydrogen) atoms. The molecule has 0 amide bonds. The molecule has 0 unspecified atom stereocenters. The molecule has 0 aliphatic rings. The van der Waals surface area contributed by atoms with Gasteiger partial charge in [-0.15, -0.1) is 0 Å². The maximum Gasteiger partial charge on any atom is 0.338 e. The molecule has 5 nitrogen and oxygen atoms in total. The highest BCUT2D eigenvalue weighted by atomic mass is 16.4. The van der Waals surface area contributed by atoms with Crippen LogP contribution in [0.5, 0.6) is 0 Å². The SMILES string of the molecule is CCc1nc(-c2ccc(C)cc2)c2c(C(=O)O)c[nH]c2n1.